The Kier molecular flexibility index (Phi) is 4.22. The molecule has 0 aliphatic heterocycles. The number of rotatable bonds is 4. The van der Waals surface area contributed by atoms with Crippen LogP contribution in [0.25, 0.3) is 0 Å². The summed E-state index contributed by atoms with van der Waals surface area (Å²) in [7, 11) is -1.34. The minimum absolute atomic E-state index is 0.0457. The third kappa shape index (κ3) is 3.36. The molecule has 0 saturated carbocycles. The van der Waals surface area contributed by atoms with Gasteiger partial charge in [0.15, 0.2) is 5.78 Å². The lowest BCUT2D eigenvalue weighted by atomic mass is 10.1. The second-order valence-corrected chi connectivity index (χ2v) is 5.37. The van der Waals surface area contributed by atoms with Gasteiger partial charge in [0.25, 0.3) is 0 Å². The molecule has 1 atom stereocenters. The number of hydrogen-bond donors (Lipinski definition) is 0. The van der Waals surface area contributed by atoms with Crippen molar-refractivity contribution in [3.63, 3.8) is 0 Å². The van der Waals surface area contributed by atoms with Gasteiger partial charge in [-0.2, -0.15) is 5.26 Å². The standard InChI is InChI=1S/C15H11NO2S/c16-10-12-6-8-13(9-7-12)15(17)11-19(18)14-4-2-1-3-5-14/h1-9H,11H2. The number of benzene rings is 2. The van der Waals surface area contributed by atoms with Crippen LogP contribution in [0, 0.1) is 11.3 Å². The van der Waals surface area contributed by atoms with E-state index in [-0.39, 0.29) is 11.5 Å². The normalized spacial score (nSPS) is 11.5. The van der Waals surface area contributed by atoms with Crippen LogP contribution >= 0.6 is 0 Å². The van der Waals surface area contributed by atoms with E-state index in [1.807, 2.05) is 12.1 Å². The molecule has 0 amide bonds. The maximum Gasteiger partial charge on any atom is 0.175 e. The van der Waals surface area contributed by atoms with E-state index < -0.39 is 10.8 Å². The van der Waals surface area contributed by atoms with Gasteiger partial charge in [0.05, 0.1) is 28.2 Å². The first-order chi connectivity index (χ1) is 9.20. The zero-order valence-corrected chi connectivity index (χ0v) is 10.9. The molecule has 2 rings (SSSR count). The molecule has 1 unspecified atom stereocenters. The van der Waals surface area contributed by atoms with E-state index in [9.17, 15) is 9.00 Å². The van der Waals surface area contributed by atoms with E-state index in [1.54, 1.807) is 48.5 Å². The highest BCUT2D eigenvalue weighted by atomic mass is 32.2. The molecule has 0 radical (unpaired) electrons. The molecule has 0 aliphatic rings. The minimum Gasteiger partial charge on any atom is -0.293 e. The SMILES string of the molecule is N#Cc1ccc(C(=O)CS(=O)c2ccccc2)cc1. The predicted octanol–water partition coefficient (Wildman–Crippen LogP) is 2.55. The molecule has 0 heterocycles. The molecule has 94 valence electrons. The lowest BCUT2D eigenvalue weighted by Gasteiger charge is -2.02. The predicted molar refractivity (Wildman–Crippen MR) is 73.2 cm³/mol. The van der Waals surface area contributed by atoms with Crippen molar-refractivity contribution in [1.29, 1.82) is 5.26 Å². The lowest BCUT2D eigenvalue weighted by molar-refractivity contribution is 0.102. The summed E-state index contributed by atoms with van der Waals surface area (Å²) in [6, 6.07) is 17.2. The summed E-state index contributed by atoms with van der Waals surface area (Å²) in [4.78, 5) is 12.6. The summed E-state index contributed by atoms with van der Waals surface area (Å²) in [5.74, 6) is -0.234. The van der Waals surface area contributed by atoms with Crippen LogP contribution in [0.3, 0.4) is 0 Å². The summed E-state index contributed by atoms with van der Waals surface area (Å²) in [6.07, 6.45) is 0. The molecule has 0 saturated heterocycles. The fourth-order valence-corrected chi connectivity index (χ4v) is 2.62. The molecule has 0 N–H and O–H groups in total. The molecular weight excluding hydrogens is 258 g/mol. The van der Waals surface area contributed by atoms with Crippen LogP contribution in [0.15, 0.2) is 59.5 Å². The van der Waals surface area contributed by atoms with Crippen LogP contribution in [0.2, 0.25) is 0 Å². The summed E-state index contributed by atoms with van der Waals surface area (Å²) in [6.45, 7) is 0. The van der Waals surface area contributed by atoms with Gasteiger partial charge in [-0.1, -0.05) is 30.3 Å². The Morgan fingerprint density at radius 3 is 2.26 bits per heavy atom. The van der Waals surface area contributed by atoms with Gasteiger partial charge in [0.1, 0.15) is 0 Å². The van der Waals surface area contributed by atoms with Gasteiger partial charge in [-0.15, -0.1) is 0 Å². The smallest absolute Gasteiger partial charge is 0.175 e. The Balaban J connectivity index is 2.09. The topological polar surface area (TPSA) is 57.9 Å². The number of nitriles is 1. The number of hydrogen-bond acceptors (Lipinski definition) is 3. The van der Waals surface area contributed by atoms with Gasteiger partial charge < -0.3 is 0 Å². The molecule has 0 spiro atoms. The van der Waals surface area contributed by atoms with Crippen molar-refractivity contribution in [2.75, 3.05) is 5.75 Å². The van der Waals surface area contributed by atoms with E-state index in [4.69, 9.17) is 5.26 Å². The van der Waals surface area contributed by atoms with Crippen LogP contribution in [0.4, 0.5) is 0 Å². The third-order valence-corrected chi connectivity index (χ3v) is 3.93. The first-order valence-corrected chi connectivity index (χ1v) is 6.99. The Morgan fingerprint density at radius 1 is 1.05 bits per heavy atom. The third-order valence-electron chi connectivity index (χ3n) is 2.60. The van der Waals surface area contributed by atoms with Crippen molar-refractivity contribution >= 4 is 16.6 Å². The lowest BCUT2D eigenvalue weighted by Crippen LogP contribution is -2.11. The number of carbonyl (C=O) groups is 1. The molecule has 0 aliphatic carbocycles. The Labute approximate surface area is 114 Å². The van der Waals surface area contributed by atoms with E-state index >= 15 is 0 Å². The zero-order valence-electron chi connectivity index (χ0n) is 10.1. The molecule has 3 nitrogen and oxygen atoms in total. The molecule has 2 aromatic carbocycles. The summed E-state index contributed by atoms with van der Waals surface area (Å²) in [5.41, 5.74) is 0.976. The second-order valence-electron chi connectivity index (χ2n) is 3.92. The van der Waals surface area contributed by atoms with Crippen molar-refractivity contribution < 1.29 is 9.00 Å². The van der Waals surface area contributed by atoms with Gasteiger partial charge in [-0.25, -0.2) is 0 Å². The quantitative estimate of drug-likeness (QED) is 0.801. The molecule has 0 fully saturated rings. The molecule has 2 aromatic rings. The molecule has 19 heavy (non-hydrogen) atoms. The van der Waals surface area contributed by atoms with Crippen LogP contribution in [0.1, 0.15) is 15.9 Å². The van der Waals surface area contributed by atoms with E-state index in [0.717, 1.165) is 0 Å². The second kappa shape index (κ2) is 6.07. The highest BCUT2D eigenvalue weighted by Crippen LogP contribution is 2.09. The van der Waals surface area contributed by atoms with Crippen molar-refractivity contribution in [2.45, 2.75) is 4.90 Å². The Bertz CT molecular complexity index is 642. The first-order valence-electron chi connectivity index (χ1n) is 5.67. The molecular formula is C15H11NO2S. The molecule has 0 bridgehead atoms. The first kappa shape index (κ1) is 13.2. The number of Topliss-reactive ketones (excluding diaryl/α,β-unsaturated/α-hetero) is 1. The fourth-order valence-electron chi connectivity index (χ4n) is 1.59. The van der Waals surface area contributed by atoms with Gasteiger partial charge in [-0.3, -0.25) is 9.00 Å². The maximum absolute atomic E-state index is 12.0. The molecule has 4 heteroatoms. The van der Waals surface area contributed by atoms with E-state index in [1.165, 1.54) is 0 Å². The number of nitrogens with zero attached hydrogens (tertiary/aromatic N) is 1. The Hall–Kier alpha value is -2.25. The fraction of sp³-hybridized carbons (Fsp3) is 0.0667. The Morgan fingerprint density at radius 2 is 1.68 bits per heavy atom. The van der Waals surface area contributed by atoms with Gasteiger partial charge >= 0.3 is 0 Å². The van der Waals surface area contributed by atoms with Gasteiger partial charge in [0, 0.05) is 10.5 Å². The zero-order chi connectivity index (χ0) is 13.7. The average molecular weight is 269 g/mol. The van der Waals surface area contributed by atoms with Crippen LogP contribution in [0.5, 0.6) is 0 Å². The van der Waals surface area contributed by atoms with Crippen LogP contribution in [-0.4, -0.2) is 15.7 Å². The monoisotopic (exact) mass is 269 g/mol. The molecule has 0 aromatic heterocycles. The van der Waals surface area contributed by atoms with Crippen molar-refractivity contribution in [3.05, 3.63) is 65.7 Å². The average Bonchev–Trinajstić information content (AvgIpc) is 2.48. The van der Waals surface area contributed by atoms with Crippen molar-refractivity contribution in [3.8, 4) is 6.07 Å². The van der Waals surface area contributed by atoms with Crippen LogP contribution in [-0.2, 0) is 10.8 Å². The maximum atomic E-state index is 12.0. The van der Waals surface area contributed by atoms with Crippen LogP contribution < -0.4 is 0 Å². The largest absolute Gasteiger partial charge is 0.293 e. The van der Waals surface area contributed by atoms with Gasteiger partial charge in [-0.05, 0) is 24.3 Å². The van der Waals surface area contributed by atoms with Crippen molar-refractivity contribution in [2.24, 2.45) is 0 Å². The van der Waals surface area contributed by atoms with E-state index in [0.29, 0.717) is 16.0 Å². The van der Waals surface area contributed by atoms with Crippen molar-refractivity contribution in [1.82, 2.24) is 0 Å². The minimum atomic E-state index is -1.34. The highest BCUT2D eigenvalue weighted by Gasteiger charge is 2.12. The summed E-state index contributed by atoms with van der Waals surface area (Å²) >= 11 is 0. The summed E-state index contributed by atoms with van der Waals surface area (Å²) in [5, 5.41) is 8.68. The van der Waals surface area contributed by atoms with Gasteiger partial charge in [0.2, 0.25) is 0 Å². The summed E-state index contributed by atoms with van der Waals surface area (Å²) < 4.78 is 12.0. The highest BCUT2D eigenvalue weighted by molar-refractivity contribution is 7.85. The number of carbonyl (C=O) groups excluding carboxylic acids is 1. The van der Waals surface area contributed by atoms with E-state index in [2.05, 4.69) is 0 Å². The number of ketones is 1.